The number of aliphatic carboxylic acids is 1. The summed E-state index contributed by atoms with van der Waals surface area (Å²) in [5.41, 5.74) is -0.453. The van der Waals surface area contributed by atoms with Crippen LogP contribution < -0.4 is 0 Å². The number of nitrogens with zero attached hydrogens (tertiary/aromatic N) is 1. The predicted octanol–water partition coefficient (Wildman–Crippen LogP) is 6.95. The number of likely N-dealkylation sites (tertiary alicyclic amines) is 1. The summed E-state index contributed by atoms with van der Waals surface area (Å²) < 4.78 is 0. The van der Waals surface area contributed by atoms with E-state index in [0.29, 0.717) is 5.57 Å². The van der Waals surface area contributed by atoms with E-state index >= 15 is 0 Å². The molecular weight excluding hydrogens is 434 g/mol. The molecule has 1 saturated heterocycles. The molecule has 0 bridgehead atoms. The van der Waals surface area contributed by atoms with E-state index in [0.717, 1.165) is 23.3 Å². The Hall–Kier alpha value is -1.30. The fourth-order valence-corrected chi connectivity index (χ4v) is 5.43. The number of rotatable bonds is 17. The van der Waals surface area contributed by atoms with Crippen molar-refractivity contribution < 1.29 is 19.5 Å². The third-order valence-electron chi connectivity index (χ3n) is 7.62. The van der Waals surface area contributed by atoms with E-state index in [4.69, 9.17) is 0 Å². The van der Waals surface area contributed by atoms with Crippen LogP contribution in [0.1, 0.15) is 125 Å². The van der Waals surface area contributed by atoms with Crippen molar-refractivity contribution in [2.24, 2.45) is 5.41 Å². The van der Waals surface area contributed by atoms with Crippen molar-refractivity contribution in [3.8, 4) is 0 Å². The molecule has 0 spiro atoms. The van der Waals surface area contributed by atoms with Gasteiger partial charge in [-0.25, -0.2) is 4.79 Å². The van der Waals surface area contributed by atoms with Crippen molar-refractivity contribution in [2.45, 2.75) is 130 Å². The van der Waals surface area contributed by atoms with Crippen molar-refractivity contribution in [2.75, 3.05) is 5.75 Å². The summed E-state index contributed by atoms with van der Waals surface area (Å²) in [4.78, 5) is 38.3. The Bertz CT molecular complexity index is 684. The number of amides is 2. The molecule has 190 valence electrons. The number of carboxylic acid groups (broad SMARTS) is 1. The van der Waals surface area contributed by atoms with E-state index in [1.165, 1.54) is 64.2 Å². The van der Waals surface area contributed by atoms with Crippen LogP contribution in [0.5, 0.6) is 0 Å². The molecule has 0 aromatic rings. The Morgan fingerprint density at radius 3 is 1.67 bits per heavy atom. The molecule has 1 N–H and O–H groups in total. The van der Waals surface area contributed by atoms with Crippen LogP contribution in [0.25, 0.3) is 0 Å². The molecule has 0 unspecified atom stereocenters. The molecule has 1 atom stereocenters. The second-order valence-corrected chi connectivity index (χ2v) is 10.7. The average Bonchev–Trinajstić information content (AvgIpc) is 3.10. The summed E-state index contributed by atoms with van der Waals surface area (Å²) >= 11 is 4.32. The lowest BCUT2D eigenvalue weighted by molar-refractivity contribution is -0.158. The van der Waals surface area contributed by atoms with Crippen LogP contribution >= 0.6 is 12.6 Å². The van der Waals surface area contributed by atoms with Crippen LogP contribution in [0.4, 0.5) is 0 Å². The van der Waals surface area contributed by atoms with Gasteiger partial charge in [0, 0.05) is 18.6 Å². The lowest BCUT2D eigenvalue weighted by Gasteiger charge is -2.40. The summed E-state index contributed by atoms with van der Waals surface area (Å²) in [5, 5.41) is 10.2. The lowest BCUT2D eigenvalue weighted by atomic mass is 9.74. The molecule has 1 heterocycles. The SMILES string of the molecule is CCCCCCCCCCCCCC(C)(C)C(C)=C(C)[C@](CS)(C(=O)O)N1C(=O)CCC1=O. The van der Waals surface area contributed by atoms with E-state index in [9.17, 15) is 19.5 Å². The molecule has 0 aromatic heterocycles. The Kier molecular flexibility index (Phi) is 12.8. The molecule has 0 aromatic carbocycles. The van der Waals surface area contributed by atoms with Gasteiger partial charge in [0.1, 0.15) is 0 Å². The number of thiol groups is 1. The third-order valence-corrected chi connectivity index (χ3v) is 8.08. The van der Waals surface area contributed by atoms with E-state index in [1.54, 1.807) is 6.92 Å². The topological polar surface area (TPSA) is 74.7 Å². The molecule has 1 fully saturated rings. The first-order chi connectivity index (χ1) is 15.6. The molecule has 1 aliphatic rings. The maximum absolute atomic E-state index is 12.4. The molecule has 0 radical (unpaired) electrons. The maximum Gasteiger partial charge on any atom is 0.335 e. The first-order valence-electron chi connectivity index (χ1n) is 12.9. The maximum atomic E-state index is 12.4. The third kappa shape index (κ3) is 7.87. The quantitative estimate of drug-likeness (QED) is 0.102. The zero-order valence-electron chi connectivity index (χ0n) is 21.7. The Morgan fingerprint density at radius 1 is 0.848 bits per heavy atom. The van der Waals surface area contributed by atoms with Gasteiger partial charge >= 0.3 is 5.97 Å². The summed E-state index contributed by atoms with van der Waals surface area (Å²) in [6.07, 6.45) is 15.2. The summed E-state index contributed by atoms with van der Waals surface area (Å²) in [5.74, 6) is -2.17. The van der Waals surface area contributed by atoms with Crippen LogP contribution in [0.3, 0.4) is 0 Å². The Labute approximate surface area is 207 Å². The van der Waals surface area contributed by atoms with Gasteiger partial charge in [-0.1, -0.05) is 97.0 Å². The van der Waals surface area contributed by atoms with Gasteiger partial charge in [-0.05, 0) is 31.3 Å². The van der Waals surface area contributed by atoms with Gasteiger partial charge in [0.05, 0.1) is 0 Å². The number of unbranched alkanes of at least 4 members (excludes halogenated alkanes) is 10. The van der Waals surface area contributed by atoms with Crippen LogP contribution in [-0.4, -0.2) is 39.1 Å². The average molecular weight is 482 g/mol. The molecule has 0 aliphatic carbocycles. The fraction of sp³-hybridized carbons (Fsp3) is 0.815. The largest absolute Gasteiger partial charge is 0.479 e. The van der Waals surface area contributed by atoms with Gasteiger partial charge in [-0.3, -0.25) is 14.5 Å². The monoisotopic (exact) mass is 481 g/mol. The minimum absolute atomic E-state index is 0.0656. The van der Waals surface area contributed by atoms with E-state index in [1.807, 2.05) is 6.92 Å². The second kappa shape index (κ2) is 14.2. The van der Waals surface area contributed by atoms with Crippen molar-refractivity contribution in [3.05, 3.63) is 11.1 Å². The first kappa shape index (κ1) is 29.7. The minimum atomic E-state index is -1.72. The van der Waals surface area contributed by atoms with Gasteiger partial charge in [-0.2, -0.15) is 12.6 Å². The number of carbonyl (C=O) groups is 3. The number of imide groups is 1. The normalized spacial score (nSPS) is 17.3. The first-order valence-corrected chi connectivity index (χ1v) is 13.6. The van der Waals surface area contributed by atoms with E-state index in [-0.39, 0.29) is 24.0 Å². The van der Waals surface area contributed by atoms with Crippen molar-refractivity contribution in [3.63, 3.8) is 0 Å². The zero-order valence-corrected chi connectivity index (χ0v) is 22.6. The second-order valence-electron chi connectivity index (χ2n) is 10.4. The lowest BCUT2D eigenvalue weighted by Crippen LogP contribution is -2.59. The van der Waals surface area contributed by atoms with E-state index in [2.05, 4.69) is 33.4 Å². The highest BCUT2D eigenvalue weighted by atomic mass is 32.1. The van der Waals surface area contributed by atoms with Crippen LogP contribution in [-0.2, 0) is 14.4 Å². The van der Waals surface area contributed by atoms with E-state index < -0.39 is 23.3 Å². The van der Waals surface area contributed by atoms with Crippen LogP contribution in [0, 0.1) is 5.41 Å². The van der Waals surface area contributed by atoms with Gasteiger partial charge in [0.2, 0.25) is 11.8 Å². The highest BCUT2D eigenvalue weighted by molar-refractivity contribution is 7.80. The fourth-order valence-electron chi connectivity index (χ4n) is 4.92. The van der Waals surface area contributed by atoms with Gasteiger partial charge < -0.3 is 5.11 Å². The van der Waals surface area contributed by atoms with Crippen molar-refractivity contribution in [1.82, 2.24) is 4.90 Å². The number of hydrogen-bond donors (Lipinski definition) is 2. The van der Waals surface area contributed by atoms with Gasteiger partial charge in [0.15, 0.2) is 5.54 Å². The molecular formula is C27H47NO4S. The van der Waals surface area contributed by atoms with Gasteiger partial charge in [0.25, 0.3) is 0 Å². The Morgan fingerprint density at radius 2 is 1.27 bits per heavy atom. The summed E-state index contributed by atoms with van der Waals surface area (Å²) in [6.45, 7) is 10.2. The molecule has 0 saturated carbocycles. The Balaban J connectivity index is 2.69. The number of carboxylic acids is 1. The van der Waals surface area contributed by atoms with Crippen LogP contribution in [0.15, 0.2) is 11.1 Å². The predicted molar refractivity (Wildman–Crippen MR) is 139 cm³/mol. The molecule has 5 nitrogen and oxygen atoms in total. The molecule has 33 heavy (non-hydrogen) atoms. The highest BCUT2D eigenvalue weighted by Gasteiger charge is 2.53. The van der Waals surface area contributed by atoms with Gasteiger partial charge in [-0.15, -0.1) is 0 Å². The molecule has 1 rings (SSSR count). The standard InChI is InChI=1S/C27H47NO4S/c1-6-7-8-9-10-11-12-13-14-15-16-19-26(4,5)21(2)22(3)27(20-33,25(31)32)28-23(29)17-18-24(28)30/h33H,6-20H2,1-5H3,(H,31,32)/t27-/m1/s1. The molecule has 1 aliphatic heterocycles. The summed E-state index contributed by atoms with van der Waals surface area (Å²) in [6, 6.07) is 0. The molecule has 2 amide bonds. The van der Waals surface area contributed by atoms with Crippen molar-refractivity contribution in [1.29, 1.82) is 0 Å². The number of carbonyl (C=O) groups excluding carboxylic acids is 2. The smallest absolute Gasteiger partial charge is 0.335 e. The highest BCUT2D eigenvalue weighted by Crippen LogP contribution is 2.41. The summed E-state index contributed by atoms with van der Waals surface area (Å²) in [7, 11) is 0. The minimum Gasteiger partial charge on any atom is -0.479 e. The molecule has 6 heteroatoms. The van der Waals surface area contributed by atoms with Crippen molar-refractivity contribution >= 4 is 30.4 Å². The van der Waals surface area contributed by atoms with Crippen LogP contribution in [0.2, 0.25) is 0 Å². The number of allylic oxidation sites excluding steroid dienone is 1. The zero-order chi connectivity index (χ0) is 25.1. The number of hydrogen-bond acceptors (Lipinski definition) is 4.